The highest BCUT2D eigenvalue weighted by molar-refractivity contribution is 6.13. The lowest BCUT2D eigenvalue weighted by Gasteiger charge is -2.15. The van der Waals surface area contributed by atoms with E-state index >= 15 is 0 Å². The third-order valence-electron chi connectivity index (χ3n) is 3.81. The minimum atomic E-state index is -0.378. The SMILES string of the molecule is CCCN1C(=O)N/C(=C/c2ccc(O[C@@H](C)CC)c(OC)c2)C1=O. The molecule has 24 heavy (non-hydrogen) atoms. The third-order valence-corrected chi connectivity index (χ3v) is 3.81. The van der Waals surface area contributed by atoms with Crippen LogP contribution in [-0.4, -0.2) is 36.6 Å². The van der Waals surface area contributed by atoms with Crippen LogP contribution in [-0.2, 0) is 4.79 Å². The topological polar surface area (TPSA) is 67.9 Å². The summed E-state index contributed by atoms with van der Waals surface area (Å²) in [4.78, 5) is 25.3. The Bertz CT molecular complexity index is 654. The average molecular weight is 332 g/mol. The van der Waals surface area contributed by atoms with E-state index in [9.17, 15) is 9.59 Å². The van der Waals surface area contributed by atoms with E-state index in [1.807, 2.05) is 32.9 Å². The summed E-state index contributed by atoms with van der Waals surface area (Å²) in [6.07, 6.45) is 3.34. The molecule has 6 nitrogen and oxygen atoms in total. The van der Waals surface area contributed by atoms with E-state index < -0.39 is 0 Å². The van der Waals surface area contributed by atoms with Crippen molar-refractivity contribution in [2.45, 2.75) is 39.7 Å². The summed E-state index contributed by atoms with van der Waals surface area (Å²) < 4.78 is 11.2. The van der Waals surface area contributed by atoms with Crippen LogP contribution >= 0.6 is 0 Å². The van der Waals surface area contributed by atoms with Crippen LogP contribution in [0.1, 0.15) is 39.2 Å². The van der Waals surface area contributed by atoms with Gasteiger partial charge in [0.05, 0.1) is 13.2 Å². The van der Waals surface area contributed by atoms with Gasteiger partial charge in [0, 0.05) is 6.54 Å². The van der Waals surface area contributed by atoms with Crippen molar-refractivity contribution in [1.29, 1.82) is 0 Å². The van der Waals surface area contributed by atoms with Crippen molar-refractivity contribution in [2.24, 2.45) is 0 Å². The highest BCUT2D eigenvalue weighted by Gasteiger charge is 2.32. The number of amides is 3. The van der Waals surface area contributed by atoms with E-state index in [0.29, 0.717) is 18.0 Å². The van der Waals surface area contributed by atoms with Gasteiger partial charge in [-0.3, -0.25) is 9.69 Å². The fourth-order valence-electron chi connectivity index (χ4n) is 2.34. The molecule has 2 rings (SSSR count). The highest BCUT2D eigenvalue weighted by atomic mass is 16.5. The number of hydrogen-bond acceptors (Lipinski definition) is 4. The normalized spacial score (nSPS) is 17.2. The van der Waals surface area contributed by atoms with Gasteiger partial charge in [0.15, 0.2) is 11.5 Å². The maximum atomic E-state index is 12.2. The van der Waals surface area contributed by atoms with Gasteiger partial charge in [0.2, 0.25) is 0 Å². The quantitative estimate of drug-likeness (QED) is 0.615. The lowest BCUT2D eigenvalue weighted by Crippen LogP contribution is -2.31. The molecule has 0 unspecified atom stereocenters. The molecule has 1 N–H and O–H groups in total. The Hall–Kier alpha value is -2.50. The molecule has 0 aliphatic carbocycles. The van der Waals surface area contributed by atoms with Crippen molar-refractivity contribution in [1.82, 2.24) is 10.2 Å². The Balaban J connectivity index is 2.24. The van der Waals surface area contributed by atoms with Gasteiger partial charge in [-0.05, 0) is 43.5 Å². The number of imide groups is 1. The van der Waals surface area contributed by atoms with Crippen LogP contribution in [0, 0.1) is 0 Å². The second-order valence-corrected chi connectivity index (χ2v) is 5.69. The van der Waals surface area contributed by atoms with Crippen molar-refractivity contribution in [3.05, 3.63) is 29.5 Å². The first-order valence-corrected chi connectivity index (χ1v) is 8.19. The number of nitrogens with zero attached hydrogens (tertiary/aromatic N) is 1. The first-order valence-electron chi connectivity index (χ1n) is 8.19. The number of ether oxygens (including phenoxy) is 2. The number of carbonyl (C=O) groups excluding carboxylic acids is 2. The monoisotopic (exact) mass is 332 g/mol. The maximum Gasteiger partial charge on any atom is 0.329 e. The lowest BCUT2D eigenvalue weighted by atomic mass is 10.1. The van der Waals surface area contributed by atoms with Crippen LogP contribution in [0.25, 0.3) is 6.08 Å². The largest absolute Gasteiger partial charge is 0.493 e. The molecular formula is C18H24N2O4. The van der Waals surface area contributed by atoms with Gasteiger partial charge in [-0.1, -0.05) is 19.9 Å². The zero-order valence-electron chi connectivity index (χ0n) is 14.6. The second-order valence-electron chi connectivity index (χ2n) is 5.69. The highest BCUT2D eigenvalue weighted by Crippen LogP contribution is 2.30. The molecular weight excluding hydrogens is 308 g/mol. The summed E-state index contributed by atoms with van der Waals surface area (Å²) in [6, 6.07) is 5.04. The van der Waals surface area contributed by atoms with Crippen molar-refractivity contribution in [3.63, 3.8) is 0 Å². The average Bonchev–Trinajstić information content (AvgIpc) is 2.83. The van der Waals surface area contributed by atoms with Gasteiger partial charge in [0.25, 0.3) is 5.91 Å². The Kier molecular flexibility index (Phi) is 5.84. The molecule has 130 valence electrons. The van der Waals surface area contributed by atoms with Crippen LogP contribution < -0.4 is 14.8 Å². The van der Waals surface area contributed by atoms with Crippen molar-refractivity contribution >= 4 is 18.0 Å². The molecule has 1 atom stereocenters. The summed E-state index contributed by atoms with van der Waals surface area (Å²) >= 11 is 0. The number of urea groups is 1. The van der Waals surface area contributed by atoms with Crippen LogP contribution in [0.15, 0.2) is 23.9 Å². The van der Waals surface area contributed by atoms with E-state index in [1.54, 1.807) is 19.3 Å². The first-order chi connectivity index (χ1) is 11.5. The van der Waals surface area contributed by atoms with E-state index in [4.69, 9.17) is 9.47 Å². The number of rotatable bonds is 7. The Labute approximate surface area is 142 Å². The molecule has 3 amide bonds. The van der Waals surface area contributed by atoms with E-state index in [0.717, 1.165) is 18.4 Å². The second kappa shape index (κ2) is 7.86. The summed E-state index contributed by atoms with van der Waals surface area (Å²) in [7, 11) is 1.57. The molecule has 1 aliphatic rings. The molecule has 0 bridgehead atoms. The molecule has 1 aromatic carbocycles. The van der Waals surface area contributed by atoms with Gasteiger partial charge >= 0.3 is 6.03 Å². The van der Waals surface area contributed by atoms with E-state index in [-0.39, 0.29) is 23.7 Å². The molecule has 1 aliphatic heterocycles. The Morgan fingerprint density at radius 3 is 2.62 bits per heavy atom. The minimum absolute atomic E-state index is 0.0846. The lowest BCUT2D eigenvalue weighted by molar-refractivity contribution is -0.122. The molecule has 1 fully saturated rings. The van der Waals surface area contributed by atoms with Gasteiger partial charge in [0.1, 0.15) is 5.70 Å². The van der Waals surface area contributed by atoms with Crippen molar-refractivity contribution in [3.8, 4) is 11.5 Å². The van der Waals surface area contributed by atoms with Gasteiger partial charge in [-0.15, -0.1) is 0 Å². The predicted molar refractivity (Wildman–Crippen MR) is 91.9 cm³/mol. The summed E-state index contributed by atoms with van der Waals surface area (Å²) in [6.45, 7) is 6.37. The number of nitrogens with one attached hydrogen (secondary N) is 1. The zero-order valence-corrected chi connectivity index (χ0v) is 14.6. The van der Waals surface area contributed by atoms with Gasteiger partial charge in [-0.25, -0.2) is 4.79 Å². The fourth-order valence-corrected chi connectivity index (χ4v) is 2.34. The smallest absolute Gasteiger partial charge is 0.329 e. The zero-order chi connectivity index (χ0) is 17.7. The molecule has 1 heterocycles. The molecule has 6 heteroatoms. The summed E-state index contributed by atoms with van der Waals surface area (Å²) in [5.41, 5.74) is 1.02. The summed E-state index contributed by atoms with van der Waals surface area (Å²) in [5.74, 6) is 0.941. The molecule has 0 saturated carbocycles. The standard InChI is InChI=1S/C18H24N2O4/c1-5-9-20-17(21)14(19-18(20)22)10-13-7-8-15(16(11-13)23-4)24-12(3)6-2/h7-8,10-12H,5-6,9H2,1-4H3,(H,19,22)/b14-10+/t12-/m0/s1. The fraction of sp³-hybridized carbons (Fsp3) is 0.444. The van der Waals surface area contributed by atoms with Crippen LogP contribution in [0.5, 0.6) is 11.5 Å². The number of carbonyl (C=O) groups is 2. The first kappa shape index (κ1) is 17.8. The number of benzene rings is 1. The molecule has 1 aromatic rings. The molecule has 1 saturated heterocycles. The number of hydrogen-bond donors (Lipinski definition) is 1. The van der Waals surface area contributed by atoms with Crippen LogP contribution in [0.2, 0.25) is 0 Å². The third kappa shape index (κ3) is 3.88. The molecule has 0 spiro atoms. The van der Waals surface area contributed by atoms with Gasteiger partial charge in [-0.2, -0.15) is 0 Å². The predicted octanol–water partition coefficient (Wildman–Crippen LogP) is 3.18. The molecule has 0 aromatic heterocycles. The summed E-state index contributed by atoms with van der Waals surface area (Å²) in [5, 5.41) is 2.61. The van der Waals surface area contributed by atoms with E-state index in [2.05, 4.69) is 5.32 Å². The van der Waals surface area contributed by atoms with Crippen molar-refractivity contribution in [2.75, 3.05) is 13.7 Å². The Morgan fingerprint density at radius 1 is 1.25 bits per heavy atom. The number of methoxy groups -OCH3 is 1. The molecule has 0 radical (unpaired) electrons. The van der Waals surface area contributed by atoms with Crippen molar-refractivity contribution < 1.29 is 19.1 Å². The Morgan fingerprint density at radius 2 is 2.00 bits per heavy atom. The van der Waals surface area contributed by atoms with E-state index in [1.165, 1.54) is 4.90 Å². The van der Waals surface area contributed by atoms with Crippen LogP contribution in [0.4, 0.5) is 4.79 Å². The minimum Gasteiger partial charge on any atom is -0.493 e. The maximum absolute atomic E-state index is 12.2. The van der Waals surface area contributed by atoms with Gasteiger partial charge < -0.3 is 14.8 Å². The van der Waals surface area contributed by atoms with Crippen LogP contribution in [0.3, 0.4) is 0 Å².